The minimum atomic E-state index is -0.544. The predicted octanol–water partition coefficient (Wildman–Crippen LogP) is 3.12. The first-order valence-corrected chi connectivity index (χ1v) is 11.2. The van der Waals surface area contributed by atoms with Crippen LogP contribution in [0.5, 0.6) is 0 Å². The molecule has 0 fully saturated rings. The zero-order valence-corrected chi connectivity index (χ0v) is 18.4. The Morgan fingerprint density at radius 3 is 2.76 bits per heavy atom. The quantitative estimate of drug-likeness (QED) is 0.319. The van der Waals surface area contributed by atoms with Crippen LogP contribution in [0.3, 0.4) is 0 Å². The fraction of sp³-hybridized carbons (Fsp3) is 0.200. The number of imidazole rings is 2. The Kier molecular flexibility index (Phi) is 4.59. The Hall–Kier alpha value is -4.24. The Morgan fingerprint density at radius 1 is 1.12 bits per heavy atom. The van der Waals surface area contributed by atoms with Gasteiger partial charge in [0.1, 0.15) is 11.8 Å². The van der Waals surface area contributed by atoms with Gasteiger partial charge in [0.15, 0.2) is 5.65 Å². The molecule has 1 aliphatic carbocycles. The van der Waals surface area contributed by atoms with Gasteiger partial charge in [-0.1, -0.05) is 30.3 Å². The van der Waals surface area contributed by atoms with E-state index in [1.54, 1.807) is 38.4 Å². The lowest BCUT2D eigenvalue weighted by Crippen LogP contribution is -2.30. The molecule has 5 aromatic rings. The molecule has 3 aromatic heterocycles. The summed E-state index contributed by atoms with van der Waals surface area (Å²) in [5, 5.41) is 10.5. The molecule has 0 radical (unpaired) electrons. The maximum Gasteiger partial charge on any atom is 0.331 e. The molecule has 0 saturated carbocycles. The van der Waals surface area contributed by atoms with Crippen molar-refractivity contribution < 1.29 is 5.11 Å². The Labute approximate surface area is 194 Å². The first kappa shape index (κ1) is 20.4. The molecule has 170 valence electrons. The van der Waals surface area contributed by atoms with E-state index in [0.717, 1.165) is 22.2 Å². The number of hydrogen-bond acceptors (Lipinski definition) is 6. The van der Waals surface area contributed by atoms with E-state index in [-0.39, 0.29) is 11.7 Å². The number of aliphatic hydroxyl groups excluding tert-OH is 1. The van der Waals surface area contributed by atoms with Crippen molar-refractivity contribution in [3.05, 3.63) is 89.3 Å². The number of nitrogens with two attached hydrogens (primary N) is 1. The third-order valence-electron chi connectivity index (χ3n) is 6.53. The number of rotatable bonds is 4. The van der Waals surface area contributed by atoms with E-state index < -0.39 is 6.10 Å². The summed E-state index contributed by atoms with van der Waals surface area (Å²) < 4.78 is 5.12. The van der Waals surface area contributed by atoms with Gasteiger partial charge in [-0.3, -0.25) is 13.7 Å². The number of hydrogen-bond donors (Lipinski definition) is 2. The molecule has 9 heteroatoms. The van der Waals surface area contributed by atoms with Crippen molar-refractivity contribution >= 4 is 27.9 Å². The molecule has 0 saturated heterocycles. The van der Waals surface area contributed by atoms with Gasteiger partial charge in [-0.25, -0.2) is 14.8 Å². The minimum absolute atomic E-state index is 0.183. The summed E-state index contributed by atoms with van der Waals surface area (Å²) >= 11 is 0. The van der Waals surface area contributed by atoms with Crippen LogP contribution >= 0.6 is 0 Å². The number of allylic oxidation sites excluding steroid dienone is 1. The zero-order valence-electron chi connectivity index (χ0n) is 18.4. The zero-order chi connectivity index (χ0) is 23.4. The SMILES string of the molecule is C=CCn1c(=O)n([C@@H]2CC[C@@H](O)c3ccccc32)c2nc(-n3cnc4ccc(N)cc43)ncc21. The number of anilines is 1. The average molecular weight is 454 g/mol. The van der Waals surface area contributed by atoms with Crippen LogP contribution in [0.1, 0.15) is 36.1 Å². The van der Waals surface area contributed by atoms with Crippen LogP contribution in [-0.4, -0.2) is 33.8 Å². The van der Waals surface area contributed by atoms with E-state index in [0.29, 0.717) is 42.2 Å². The molecular weight excluding hydrogens is 430 g/mol. The van der Waals surface area contributed by atoms with Crippen molar-refractivity contribution in [3.63, 3.8) is 0 Å². The lowest BCUT2D eigenvalue weighted by molar-refractivity contribution is 0.147. The van der Waals surface area contributed by atoms with Crippen molar-refractivity contribution in [2.24, 2.45) is 0 Å². The van der Waals surface area contributed by atoms with Crippen molar-refractivity contribution in [2.75, 3.05) is 5.73 Å². The highest BCUT2D eigenvalue weighted by molar-refractivity contribution is 5.81. The van der Waals surface area contributed by atoms with Gasteiger partial charge in [0.25, 0.3) is 0 Å². The lowest BCUT2D eigenvalue weighted by Gasteiger charge is -2.29. The van der Waals surface area contributed by atoms with E-state index >= 15 is 0 Å². The topological polar surface area (TPSA) is 117 Å². The van der Waals surface area contributed by atoms with Gasteiger partial charge in [-0.15, -0.1) is 6.58 Å². The summed E-state index contributed by atoms with van der Waals surface area (Å²) in [6, 6.07) is 12.9. The second-order valence-electron chi connectivity index (χ2n) is 8.53. The molecular formula is C25H23N7O2. The van der Waals surface area contributed by atoms with E-state index in [1.807, 2.05) is 36.4 Å². The van der Waals surface area contributed by atoms with Crippen molar-refractivity contribution in [1.29, 1.82) is 0 Å². The Balaban J connectivity index is 1.61. The number of benzene rings is 2. The summed E-state index contributed by atoms with van der Waals surface area (Å²) in [5.41, 5.74) is 10.9. The fourth-order valence-corrected chi connectivity index (χ4v) is 4.95. The second-order valence-corrected chi connectivity index (χ2v) is 8.53. The maximum atomic E-state index is 13.6. The highest BCUT2D eigenvalue weighted by Crippen LogP contribution is 2.38. The number of aliphatic hydroxyl groups is 1. The molecule has 0 unspecified atom stereocenters. The first-order chi connectivity index (χ1) is 16.6. The van der Waals surface area contributed by atoms with Crippen LogP contribution in [0.4, 0.5) is 5.69 Å². The lowest BCUT2D eigenvalue weighted by atomic mass is 9.85. The monoisotopic (exact) mass is 453 g/mol. The Bertz CT molecular complexity index is 1630. The van der Waals surface area contributed by atoms with Crippen LogP contribution in [0, 0.1) is 0 Å². The van der Waals surface area contributed by atoms with E-state index in [9.17, 15) is 9.90 Å². The van der Waals surface area contributed by atoms with Crippen LogP contribution in [0.15, 0.2) is 72.4 Å². The molecule has 2 aromatic carbocycles. The van der Waals surface area contributed by atoms with E-state index in [2.05, 4.69) is 16.5 Å². The van der Waals surface area contributed by atoms with Crippen molar-refractivity contribution in [2.45, 2.75) is 31.5 Å². The molecule has 9 nitrogen and oxygen atoms in total. The van der Waals surface area contributed by atoms with Gasteiger partial charge in [0.2, 0.25) is 5.95 Å². The predicted molar refractivity (Wildman–Crippen MR) is 130 cm³/mol. The van der Waals surface area contributed by atoms with Gasteiger partial charge in [0, 0.05) is 12.2 Å². The number of fused-ring (bicyclic) bond motifs is 3. The summed E-state index contributed by atoms with van der Waals surface area (Å²) in [6.45, 7) is 4.14. The van der Waals surface area contributed by atoms with Crippen LogP contribution < -0.4 is 11.4 Å². The fourth-order valence-electron chi connectivity index (χ4n) is 4.95. The molecule has 0 amide bonds. The summed E-state index contributed by atoms with van der Waals surface area (Å²) in [6.07, 6.45) is 5.64. The third kappa shape index (κ3) is 2.97. The number of nitrogens with zero attached hydrogens (tertiary/aromatic N) is 6. The van der Waals surface area contributed by atoms with Gasteiger partial charge in [0.05, 0.1) is 29.4 Å². The minimum Gasteiger partial charge on any atom is -0.399 e. The molecule has 3 N–H and O–H groups in total. The average Bonchev–Trinajstić information content (AvgIpc) is 3.38. The third-order valence-corrected chi connectivity index (χ3v) is 6.53. The van der Waals surface area contributed by atoms with E-state index in [1.165, 1.54) is 0 Å². The number of nitrogen functional groups attached to an aromatic ring is 1. The van der Waals surface area contributed by atoms with Gasteiger partial charge < -0.3 is 10.8 Å². The van der Waals surface area contributed by atoms with Crippen LogP contribution in [-0.2, 0) is 6.54 Å². The highest BCUT2D eigenvalue weighted by atomic mass is 16.3. The smallest absolute Gasteiger partial charge is 0.331 e. The van der Waals surface area contributed by atoms with E-state index in [4.69, 9.17) is 10.7 Å². The Morgan fingerprint density at radius 2 is 1.94 bits per heavy atom. The summed E-state index contributed by atoms with van der Waals surface area (Å²) in [5.74, 6) is 0.397. The first-order valence-electron chi connectivity index (χ1n) is 11.2. The normalized spacial score (nSPS) is 17.8. The molecule has 3 heterocycles. The molecule has 6 rings (SSSR count). The molecule has 1 aliphatic rings. The molecule has 34 heavy (non-hydrogen) atoms. The standard InChI is InChI=1S/C25H23N7O2/c1-2-11-30-21-13-27-24(31-14-28-18-8-7-15(26)12-20(18)31)29-23(21)32(25(30)34)19-9-10-22(33)17-6-4-3-5-16(17)19/h2-8,12-14,19,22,33H,1,9-11,26H2/t19-,22-/m1/s1. The number of aromatic nitrogens is 6. The highest BCUT2D eigenvalue weighted by Gasteiger charge is 2.30. The molecule has 0 aliphatic heterocycles. The molecule has 0 spiro atoms. The maximum absolute atomic E-state index is 13.6. The van der Waals surface area contributed by atoms with Crippen LogP contribution in [0.25, 0.3) is 28.1 Å². The van der Waals surface area contributed by atoms with Gasteiger partial charge in [-0.2, -0.15) is 4.98 Å². The summed E-state index contributed by atoms with van der Waals surface area (Å²) in [7, 11) is 0. The van der Waals surface area contributed by atoms with Crippen LogP contribution in [0.2, 0.25) is 0 Å². The summed E-state index contributed by atoms with van der Waals surface area (Å²) in [4.78, 5) is 27.5. The molecule has 2 atom stereocenters. The van der Waals surface area contributed by atoms with Crippen molar-refractivity contribution in [1.82, 2.24) is 28.7 Å². The molecule has 0 bridgehead atoms. The second kappa shape index (κ2) is 7.67. The van der Waals surface area contributed by atoms with Gasteiger partial charge >= 0.3 is 5.69 Å². The largest absolute Gasteiger partial charge is 0.399 e. The van der Waals surface area contributed by atoms with Gasteiger partial charge in [-0.05, 0) is 42.2 Å². The van der Waals surface area contributed by atoms with Crippen molar-refractivity contribution in [3.8, 4) is 5.95 Å².